The second-order valence-electron chi connectivity index (χ2n) is 11.1. The van der Waals surface area contributed by atoms with Crippen molar-refractivity contribution in [3.63, 3.8) is 0 Å². The van der Waals surface area contributed by atoms with Crippen LogP contribution in [0.4, 0.5) is 10.5 Å². The average Bonchev–Trinajstić information content (AvgIpc) is 3.02. The molecule has 3 aromatic carbocycles. The number of nitrogens with zero attached hydrogens (tertiary/aromatic N) is 1. The molecule has 0 spiro atoms. The number of aryl methyl sites for hydroxylation is 1. The maximum atomic E-state index is 14.1. The van der Waals surface area contributed by atoms with Gasteiger partial charge in [-0.15, -0.1) is 0 Å². The summed E-state index contributed by atoms with van der Waals surface area (Å²) in [6.45, 7) is 6.70. The minimum absolute atomic E-state index is 0.209. The third kappa shape index (κ3) is 7.18. The van der Waals surface area contributed by atoms with E-state index in [2.05, 4.69) is 26.6 Å². The molecule has 9 nitrogen and oxygen atoms in total. The summed E-state index contributed by atoms with van der Waals surface area (Å²) in [5.41, 5.74) is 1.77. The van der Waals surface area contributed by atoms with Crippen LogP contribution in [0.15, 0.2) is 59.1 Å². The Kier molecular flexibility index (Phi) is 9.24. The van der Waals surface area contributed by atoms with Crippen LogP contribution in [-0.4, -0.2) is 53.9 Å². The van der Waals surface area contributed by atoms with E-state index < -0.39 is 35.8 Å². The van der Waals surface area contributed by atoms with Gasteiger partial charge in [-0.05, 0) is 81.1 Å². The molecule has 0 fully saturated rings. The van der Waals surface area contributed by atoms with Gasteiger partial charge in [-0.25, -0.2) is 4.79 Å². The highest BCUT2D eigenvalue weighted by atomic mass is 79.9. The van der Waals surface area contributed by atoms with E-state index in [0.717, 1.165) is 32.1 Å². The summed E-state index contributed by atoms with van der Waals surface area (Å²) >= 11 is 3.53. The SMILES string of the molecule is COc1ccc2cc(Br)ccc2c1CN1C(=O)[C@@H](NC(=O)[C@@H](NC(=O)OC(C)(C)C)[C@@H](C)O)CCc2ccccc21. The predicted molar refractivity (Wildman–Crippen MR) is 161 cm³/mol. The number of benzene rings is 3. The molecule has 1 aliphatic rings. The largest absolute Gasteiger partial charge is 0.496 e. The van der Waals surface area contributed by atoms with Crippen molar-refractivity contribution in [2.24, 2.45) is 0 Å². The molecule has 0 unspecified atom stereocenters. The molecule has 0 bridgehead atoms. The lowest BCUT2D eigenvalue weighted by molar-refractivity contribution is -0.130. The number of aliphatic hydroxyl groups is 1. The molecule has 3 amide bonds. The van der Waals surface area contributed by atoms with E-state index in [1.54, 1.807) is 32.8 Å². The van der Waals surface area contributed by atoms with Gasteiger partial charge in [-0.2, -0.15) is 0 Å². The number of amides is 3. The van der Waals surface area contributed by atoms with Crippen molar-refractivity contribution in [2.75, 3.05) is 12.0 Å². The zero-order valence-corrected chi connectivity index (χ0v) is 25.4. The molecule has 1 aliphatic heterocycles. The first-order valence-electron chi connectivity index (χ1n) is 13.5. The van der Waals surface area contributed by atoms with Crippen LogP contribution >= 0.6 is 15.9 Å². The van der Waals surface area contributed by atoms with E-state index >= 15 is 0 Å². The Labute approximate surface area is 248 Å². The Bertz CT molecular complexity index is 1450. The van der Waals surface area contributed by atoms with Crippen molar-refractivity contribution in [2.45, 2.75) is 70.9 Å². The first kappa shape index (κ1) is 30.3. The quantitative estimate of drug-likeness (QED) is 0.346. The number of anilines is 1. The van der Waals surface area contributed by atoms with Gasteiger partial charge in [0, 0.05) is 15.7 Å². The highest BCUT2D eigenvalue weighted by molar-refractivity contribution is 9.10. The number of ether oxygens (including phenoxy) is 2. The van der Waals surface area contributed by atoms with E-state index in [1.165, 1.54) is 6.92 Å². The summed E-state index contributed by atoms with van der Waals surface area (Å²) in [5.74, 6) is -0.338. The van der Waals surface area contributed by atoms with Crippen molar-refractivity contribution in [1.29, 1.82) is 0 Å². The van der Waals surface area contributed by atoms with Gasteiger partial charge in [0.05, 0.1) is 19.8 Å². The zero-order valence-electron chi connectivity index (χ0n) is 23.9. The molecule has 3 N–H and O–H groups in total. The van der Waals surface area contributed by atoms with Gasteiger partial charge in [-0.3, -0.25) is 9.59 Å². The lowest BCUT2D eigenvalue weighted by Gasteiger charge is -2.29. The lowest BCUT2D eigenvalue weighted by Crippen LogP contribution is -2.57. The molecule has 0 saturated heterocycles. The number of nitrogens with one attached hydrogen (secondary N) is 2. The molecule has 0 aliphatic carbocycles. The van der Waals surface area contributed by atoms with Crippen LogP contribution in [-0.2, 0) is 27.3 Å². The summed E-state index contributed by atoms with van der Waals surface area (Å²) in [6.07, 6.45) is -1.18. The van der Waals surface area contributed by atoms with Crippen LogP contribution in [0.25, 0.3) is 10.8 Å². The van der Waals surface area contributed by atoms with Crippen LogP contribution in [0, 0.1) is 0 Å². The van der Waals surface area contributed by atoms with E-state index in [9.17, 15) is 19.5 Å². The van der Waals surface area contributed by atoms with Crippen molar-refractivity contribution in [1.82, 2.24) is 10.6 Å². The van der Waals surface area contributed by atoms with E-state index in [0.29, 0.717) is 18.6 Å². The van der Waals surface area contributed by atoms with Crippen molar-refractivity contribution in [3.05, 3.63) is 70.2 Å². The average molecular weight is 627 g/mol. The summed E-state index contributed by atoms with van der Waals surface area (Å²) in [6, 6.07) is 15.3. The summed E-state index contributed by atoms with van der Waals surface area (Å²) < 4.78 is 11.9. The number of hydrogen-bond acceptors (Lipinski definition) is 6. The van der Waals surface area contributed by atoms with Gasteiger partial charge in [0.2, 0.25) is 11.8 Å². The molecule has 0 saturated carbocycles. The molecular formula is C31H36BrN3O6. The van der Waals surface area contributed by atoms with E-state index in [4.69, 9.17) is 9.47 Å². The third-order valence-electron chi connectivity index (χ3n) is 6.89. The topological polar surface area (TPSA) is 117 Å². The zero-order chi connectivity index (χ0) is 29.9. The Balaban J connectivity index is 1.66. The molecule has 218 valence electrons. The standard InChI is InChI=1S/C31H36BrN3O6/c1-18(36)27(34-30(39)41-31(2,3)4)28(37)33-24-14-10-19-8-6-7-9-25(19)35(29(24)38)17-23-22-13-12-21(32)16-20(22)11-15-26(23)40-5/h6-9,11-13,15-16,18,24,27,36H,10,14,17H2,1-5H3,(H,33,37)(H,34,39)/t18-,24+,27+/m1/s1. The molecule has 3 aromatic rings. The fourth-order valence-electron chi connectivity index (χ4n) is 4.97. The van der Waals surface area contributed by atoms with Gasteiger partial charge in [-0.1, -0.05) is 46.3 Å². The number of carbonyl (C=O) groups excluding carboxylic acids is 3. The Morgan fingerprint density at radius 2 is 1.88 bits per heavy atom. The molecule has 4 rings (SSSR count). The first-order valence-corrected chi connectivity index (χ1v) is 14.3. The summed E-state index contributed by atoms with van der Waals surface area (Å²) in [5, 5.41) is 17.5. The van der Waals surface area contributed by atoms with Gasteiger partial charge >= 0.3 is 6.09 Å². The Hall–Kier alpha value is -3.63. The molecule has 0 aromatic heterocycles. The molecule has 3 atom stereocenters. The molecule has 1 heterocycles. The number of alkyl carbamates (subject to hydrolysis) is 1. The number of aliphatic hydroxyl groups excluding tert-OH is 1. The Morgan fingerprint density at radius 1 is 1.15 bits per heavy atom. The lowest BCUT2D eigenvalue weighted by atomic mass is 10.0. The minimum Gasteiger partial charge on any atom is -0.496 e. The maximum absolute atomic E-state index is 14.1. The third-order valence-corrected chi connectivity index (χ3v) is 7.38. The number of rotatable bonds is 7. The first-order chi connectivity index (χ1) is 19.4. The molecule has 41 heavy (non-hydrogen) atoms. The number of carbonyl (C=O) groups is 3. The minimum atomic E-state index is -1.31. The van der Waals surface area contributed by atoms with Crippen LogP contribution in [0.5, 0.6) is 5.75 Å². The van der Waals surface area contributed by atoms with Crippen LogP contribution in [0.3, 0.4) is 0 Å². The fraction of sp³-hybridized carbons (Fsp3) is 0.387. The van der Waals surface area contributed by atoms with Crippen molar-refractivity contribution in [3.8, 4) is 5.75 Å². The van der Waals surface area contributed by atoms with Gasteiger partial charge < -0.3 is 30.1 Å². The highest BCUT2D eigenvalue weighted by Crippen LogP contribution is 2.35. The van der Waals surface area contributed by atoms with Crippen LogP contribution < -0.4 is 20.3 Å². The van der Waals surface area contributed by atoms with Crippen LogP contribution in [0.2, 0.25) is 0 Å². The summed E-state index contributed by atoms with van der Waals surface area (Å²) in [4.78, 5) is 41.5. The number of fused-ring (bicyclic) bond motifs is 2. The van der Waals surface area contributed by atoms with Crippen molar-refractivity contribution >= 4 is 50.3 Å². The second-order valence-corrected chi connectivity index (χ2v) is 12.0. The number of halogens is 1. The molecular weight excluding hydrogens is 590 g/mol. The molecule has 10 heteroatoms. The van der Waals surface area contributed by atoms with Crippen molar-refractivity contribution < 1.29 is 29.0 Å². The van der Waals surface area contributed by atoms with Gasteiger partial charge in [0.25, 0.3) is 0 Å². The normalized spacial score (nSPS) is 16.8. The summed E-state index contributed by atoms with van der Waals surface area (Å²) in [7, 11) is 1.60. The van der Waals surface area contributed by atoms with Gasteiger partial charge in [0.1, 0.15) is 23.4 Å². The number of methoxy groups -OCH3 is 1. The van der Waals surface area contributed by atoms with E-state index in [1.807, 2.05) is 54.6 Å². The fourth-order valence-corrected chi connectivity index (χ4v) is 5.35. The second kappa shape index (κ2) is 12.5. The molecule has 0 radical (unpaired) electrons. The van der Waals surface area contributed by atoms with E-state index in [-0.39, 0.29) is 12.5 Å². The predicted octanol–water partition coefficient (Wildman–Crippen LogP) is 4.85. The monoisotopic (exact) mass is 625 g/mol. The maximum Gasteiger partial charge on any atom is 0.408 e. The Morgan fingerprint density at radius 3 is 2.56 bits per heavy atom. The smallest absolute Gasteiger partial charge is 0.408 e. The van der Waals surface area contributed by atoms with Gasteiger partial charge in [0.15, 0.2) is 0 Å². The number of para-hydroxylation sites is 1. The van der Waals surface area contributed by atoms with Crippen LogP contribution in [0.1, 0.15) is 45.2 Å². The number of hydrogen-bond donors (Lipinski definition) is 3. The highest BCUT2D eigenvalue weighted by Gasteiger charge is 2.35.